The number of likely N-dealkylation sites (tertiary alicyclic amines) is 1. The minimum absolute atomic E-state index is 0.763. The van der Waals surface area contributed by atoms with Crippen LogP contribution in [-0.4, -0.2) is 24.0 Å². The SMILES string of the molecule is C=CCCCC1CC(C(C)C)C(C)N1C. The van der Waals surface area contributed by atoms with Crippen molar-refractivity contribution in [3.63, 3.8) is 0 Å². The highest BCUT2D eigenvalue weighted by atomic mass is 15.2. The van der Waals surface area contributed by atoms with Crippen molar-refractivity contribution in [3.8, 4) is 0 Å². The molecule has 3 unspecified atom stereocenters. The van der Waals surface area contributed by atoms with Crippen molar-refractivity contribution in [3.05, 3.63) is 12.7 Å². The van der Waals surface area contributed by atoms with E-state index in [2.05, 4.69) is 39.3 Å². The lowest BCUT2D eigenvalue weighted by molar-refractivity contribution is 0.215. The molecule has 0 radical (unpaired) electrons. The highest BCUT2D eigenvalue weighted by Crippen LogP contribution is 2.35. The van der Waals surface area contributed by atoms with Crippen LogP contribution in [0.25, 0.3) is 0 Å². The molecule has 0 aromatic carbocycles. The summed E-state index contributed by atoms with van der Waals surface area (Å²) in [5, 5.41) is 0. The molecule has 0 spiro atoms. The van der Waals surface area contributed by atoms with Gasteiger partial charge in [-0.25, -0.2) is 0 Å². The average Bonchev–Trinajstić information content (AvgIpc) is 2.46. The highest BCUT2D eigenvalue weighted by Gasteiger charge is 2.36. The zero-order valence-electron chi connectivity index (χ0n) is 10.9. The fourth-order valence-electron chi connectivity index (χ4n) is 2.96. The molecule has 88 valence electrons. The number of hydrogen-bond acceptors (Lipinski definition) is 1. The Hall–Kier alpha value is -0.300. The van der Waals surface area contributed by atoms with E-state index >= 15 is 0 Å². The van der Waals surface area contributed by atoms with Crippen molar-refractivity contribution in [1.29, 1.82) is 0 Å². The van der Waals surface area contributed by atoms with Gasteiger partial charge in [-0.3, -0.25) is 0 Å². The smallest absolute Gasteiger partial charge is 0.00985 e. The molecule has 1 fully saturated rings. The normalized spacial score (nSPS) is 32.5. The van der Waals surface area contributed by atoms with Crippen LogP contribution in [0.4, 0.5) is 0 Å². The van der Waals surface area contributed by atoms with Gasteiger partial charge in [-0.2, -0.15) is 0 Å². The fraction of sp³-hybridized carbons (Fsp3) is 0.857. The van der Waals surface area contributed by atoms with Crippen molar-refractivity contribution >= 4 is 0 Å². The van der Waals surface area contributed by atoms with Crippen molar-refractivity contribution in [1.82, 2.24) is 4.90 Å². The summed E-state index contributed by atoms with van der Waals surface area (Å²) in [4.78, 5) is 2.59. The van der Waals surface area contributed by atoms with E-state index in [9.17, 15) is 0 Å². The molecule has 1 saturated heterocycles. The maximum absolute atomic E-state index is 3.79. The lowest BCUT2D eigenvalue weighted by Crippen LogP contribution is -2.32. The van der Waals surface area contributed by atoms with Crippen LogP contribution >= 0.6 is 0 Å². The summed E-state index contributed by atoms with van der Waals surface area (Å²) in [6.45, 7) is 10.9. The van der Waals surface area contributed by atoms with Crippen LogP contribution in [0.3, 0.4) is 0 Å². The van der Waals surface area contributed by atoms with Gasteiger partial charge >= 0.3 is 0 Å². The van der Waals surface area contributed by atoms with Crippen LogP contribution in [-0.2, 0) is 0 Å². The molecular formula is C14H27N. The number of allylic oxidation sites excluding steroid dienone is 1. The first kappa shape index (κ1) is 12.8. The van der Waals surface area contributed by atoms with Crippen molar-refractivity contribution < 1.29 is 0 Å². The van der Waals surface area contributed by atoms with Gasteiger partial charge in [-0.05, 0) is 51.5 Å². The Morgan fingerprint density at radius 2 is 2.13 bits per heavy atom. The Labute approximate surface area is 95.5 Å². The molecule has 1 aliphatic rings. The van der Waals surface area contributed by atoms with E-state index in [0.29, 0.717) is 0 Å². The summed E-state index contributed by atoms with van der Waals surface area (Å²) >= 11 is 0. The first-order chi connectivity index (χ1) is 7.07. The van der Waals surface area contributed by atoms with Crippen LogP contribution < -0.4 is 0 Å². The predicted molar refractivity (Wildman–Crippen MR) is 68.0 cm³/mol. The van der Waals surface area contributed by atoms with E-state index in [0.717, 1.165) is 23.9 Å². The monoisotopic (exact) mass is 209 g/mol. The summed E-state index contributed by atoms with van der Waals surface area (Å²) in [5.41, 5.74) is 0. The summed E-state index contributed by atoms with van der Waals surface area (Å²) < 4.78 is 0. The number of rotatable bonds is 5. The second-order valence-corrected chi connectivity index (χ2v) is 5.42. The van der Waals surface area contributed by atoms with Gasteiger partial charge in [0, 0.05) is 12.1 Å². The first-order valence-electron chi connectivity index (χ1n) is 6.40. The largest absolute Gasteiger partial charge is 0.300 e. The zero-order chi connectivity index (χ0) is 11.4. The lowest BCUT2D eigenvalue weighted by Gasteiger charge is -2.25. The quantitative estimate of drug-likeness (QED) is 0.493. The second-order valence-electron chi connectivity index (χ2n) is 5.42. The third-order valence-corrected chi connectivity index (χ3v) is 4.18. The molecule has 3 atom stereocenters. The van der Waals surface area contributed by atoms with Crippen LogP contribution in [0, 0.1) is 11.8 Å². The highest BCUT2D eigenvalue weighted by molar-refractivity contribution is 4.91. The molecule has 0 aromatic heterocycles. The van der Waals surface area contributed by atoms with E-state index in [-0.39, 0.29) is 0 Å². The van der Waals surface area contributed by atoms with E-state index in [1.165, 1.54) is 25.7 Å². The molecule has 0 saturated carbocycles. The van der Waals surface area contributed by atoms with Gasteiger partial charge in [-0.15, -0.1) is 6.58 Å². The third-order valence-electron chi connectivity index (χ3n) is 4.18. The molecule has 1 heterocycles. The molecule has 1 heteroatoms. The van der Waals surface area contributed by atoms with Gasteiger partial charge in [0.1, 0.15) is 0 Å². The molecular weight excluding hydrogens is 182 g/mol. The van der Waals surface area contributed by atoms with E-state index in [4.69, 9.17) is 0 Å². The number of hydrogen-bond donors (Lipinski definition) is 0. The Balaban J connectivity index is 2.44. The molecule has 0 bridgehead atoms. The number of nitrogens with zero attached hydrogens (tertiary/aromatic N) is 1. The van der Waals surface area contributed by atoms with Gasteiger partial charge in [0.2, 0.25) is 0 Å². The Morgan fingerprint density at radius 3 is 2.60 bits per heavy atom. The molecule has 15 heavy (non-hydrogen) atoms. The lowest BCUT2D eigenvalue weighted by atomic mass is 9.88. The summed E-state index contributed by atoms with van der Waals surface area (Å²) in [6.07, 6.45) is 7.25. The molecule has 1 rings (SSSR count). The molecule has 0 N–H and O–H groups in total. The standard InChI is InChI=1S/C14H27N/c1-6-7-8-9-13-10-14(11(2)3)12(4)15(13)5/h6,11-14H,1,7-10H2,2-5H3. The zero-order valence-corrected chi connectivity index (χ0v) is 10.9. The second kappa shape index (κ2) is 5.69. The topological polar surface area (TPSA) is 3.24 Å². The van der Waals surface area contributed by atoms with Crippen molar-refractivity contribution in [2.45, 2.75) is 58.5 Å². The Kier molecular flexibility index (Phi) is 4.85. The summed E-state index contributed by atoms with van der Waals surface area (Å²) in [6, 6.07) is 1.58. The average molecular weight is 209 g/mol. The third kappa shape index (κ3) is 3.07. The Morgan fingerprint density at radius 1 is 1.47 bits per heavy atom. The van der Waals surface area contributed by atoms with Crippen LogP contribution in [0.2, 0.25) is 0 Å². The van der Waals surface area contributed by atoms with E-state index < -0.39 is 0 Å². The van der Waals surface area contributed by atoms with Crippen LogP contribution in [0.5, 0.6) is 0 Å². The maximum Gasteiger partial charge on any atom is 0.00985 e. The molecule has 1 nitrogen and oxygen atoms in total. The fourth-order valence-corrected chi connectivity index (χ4v) is 2.96. The Bertz CT molecular complexity index is 198. The molecule has 0 aliphatic carbocycles. The minimum atomic E-state index is 0.763. The van der Waals surface area contributed by atoms with E-state index in [1.54, 1.807) is 0 Å². The first-order valence-corrected chi connectivity index (χ1v) is 6.40. The van der Waals surface area contributed by atoms with Gasteiger partial charge in [-0.1, -0.05) is 19.9 Å². The molecule has 0 amide bonds. The van der Waals surface area contributed by atoms with Crippen molar-refractivity contribution in [2.75, 3.05) is 7.05 Å². The molecule has 0 aromatic rings. The maximum atomic E-state index is 3.79. The van der Waals surface area contributed by atoms with E-state index in [1.807, 2.05) is 6.08 Å². The predicted octanol–water partition coefficient (Wildman–Crippen LogP) is 3.71. The van der Waals surface area contributed by atoms with Gasteiger partial charge in [0.05, 0.1) is 0 Å². The van der Waals surface area contributed by atoms with Gasteiger partial charge in [0.25, 0.3) is 0 Å². The van der Waals surface area contributed by atoms with Crippen LogP contribution in [0.1, 0.15) is 46.5 Å². The summed E-state index contributed by atoms with van der Waals surface area (Å²) in [7, 11) is 2.30. The van der Waals surface area contributed by atoms with Crippen molar-refractivity contribution in [2.24, 2.45) is 11.8 Å². The molecule has 1 aliphatic heterocycles. The minimum Gasteiger partial charge on any atom is -0.300 e. The van der Waals surface area contributed by atoms with Crippen LogP contribution in [0.15, 0.2) is 12.7 Å². The summed E-state index contributed by atoms with van der Waals surface area (Å²) in [5.74, 6) is 1.72. The van der Waals surface area contributed by atoms with Gasteiger partial charge in [0.15, 0.2) is 0 Å². The number of unbranched alkanes of at least 4 members (excludes halogenated alkanes) is 1. The van der Waals surface area contributed by atoms with Gasteiger partial charge < -0.3 is 4.90 Å².